The fraction of sp³-hybridized carbons (Fsp3) is 0.474. The van der Waals surface area contributed by atoms with Crippen LogP contribution in [0.25, 0.3) is 0 Å². The molecule has 0 aromatic carbocycles. The van der Waals surface area contributed by atoms with Gasteiger partial charge in [0.1, 0.15) is 5.82 Å². The van der Waals surface area contributed by atoms with Gasteiger partial charge in [0.25, 0.3) is 0 Å². The molecule has 2 atom stereocenters. The van der Waals surface area contributed by atoms with E-state index in [9.17, 15) is 0 Å². The third-order valence-electron chi connectivity index (χ3n) is 4.38. The first kappa shape index (κ1) is 16.5. The molecule has 0 aromatic heterocycles. The standard InChI is InChI=1S/C19H27N3/c1-4-10-17-12-9-7-6-8-11-16(5-2)18-15-21(3)13-14-22(18)19(17)20/h2,4,6-8,10-11,16,18H,9,12-15,20H2,1,3H3/b7-6-,10-4-,11-8-,19-17-. The number of likely N-dealkylation sites (N-methyl/N-ethyl adjacent to an activating group) is 1. The third-order valence-corrected chi connectivity index (χ3v) is 4.38. The van der Waals surface area contributed by atoms with Gasteiger partial charge in [-0.15, -0.1) is 6.42 Å². The predicted octanol–water partition coefficient (Wildman–Crippen LogP) is 2.50. The molecular formula is C19H27N3. The highest BCUT2D eigenvalue weighted by Crippen LogP contribution is 2.24. The van der Waals surface area contributed by atoms with Gasteiger partial charge in [0.2, 0.25) is 0 Å². The van der Waals surface area contributed by atoms with Gasteiger partial charge in [0.05, 0.1) is 12.0 Å². The maximum Gasteiger partial charge on any atom is 0.102 e. The lowest BCUT2D eigenvalue weighted by Crippen LogP contribution is -2.55. The molecular weight excluding hydrogens is 270 g/mol. The van der Waals surface area contributed by atoms with E-state index in [0.717, 1.165) is 38.3 Å². The number of allylic oxidation sites excluding steroid dienone is 6. The molecule has 0 amide bonds. The van der Waals surface area contributed by atoms with Gasteiger partial charge in [-0.2, -0.15) is 0 Å². The molecule has 3 heteroatoms. The van der Waals surface area contributed by atoms with Crippen LogP contribution in [0.3, 0.4) is 0 Å². The fourth-order valence-electron chi connectivity index (χ4n) is 3.13. The molecule has 0 spiro atoms. The van der Waals surface area contributed by atoms with Gasteiger partial charge >= 0.3 is 0 Å². The lowest BCUT2D eigenvalue weighted by molar-refractivity contribution is 0.105. The average molecular weight is 297 g/mol. The molecule has 22 heavy (non-hydrogen) atoms. The zero-order chi connectivity index (χ0) is 15.9. The van der Waals surface area contributed by atoms with Gasteiger partial charge in [-0.3, -0.25) is 0 Å². The summed E-state index contributed by atoms with van der Waals surface area (Å²) in [6, 6.07) is 0.228. The molecule has 118 valence electrons. The average Bonchev–Trinajstić information content (AvgIpc) is 2.54. The molecule has 1 saturated heterocycles. The Bertz CT molecular complexity index is 533. The van der Waals surface area contributed by atoms with E-state index in [1.54, 1.807) is 0 Å². The third kappa shape index (κ3) is 3.84. The molecule has 2 N–H and O–H groups in total. The summed E-state index contributed by atoms with van der Waals surface area (Å²) in [5.41, 5.74) is 7.75. The summed E-state index contributed by atoms with van der Waals surface area (Å²) in [5.74, 6) is 3.90. The van der Waals surface area contributed by atoms with Crippen molar-refractivity contribution in [3.05, 3.63) is 47.9 Å². The summed E-state index contributed by atoms with van der Waals surface area (Å²) < 4.78 is 0. The molecule has 1 fully saturated rings. The van der Waals surface area contributed by atoms with Crippen molar-refractivity contribution in [2.45, 2.75) is 25.8 Å². The first-order chi connectivity index (χ1) is 10.7. The second-order valence-corrected chi connectivity index (χ2v) is 5.98. The lowest BCUT2D eigenvalue weighted by atomic mass is 9.95. The number of piperazine rings is 1. The maximum atomic E-state index is 6.54. The highest BCUT2D eigenvalue weighted by molar-refractivity contribution is 5.27. The minimum absolute atomic E-state index is 0.0657. The monoisotopic (exact) mass is 297 g/mol. The highest BCUT2D eigenvalue weighted by Gasteiger charge is 2.31. The molecule has 2 unspecified atom stereocenters. The van der Waals surface area contributed by atoms with Gasteiger partial charge in [0, 0.05) is 19.6 Å². The fourth-order valence-corrected chi connectivity index (χ4v) is 3.13. The molecule has 2 heterocycles. The van der Waals surface area contributed by atoms with Crippen molar-refractivity contribution in [2.75, 3.05) is 26.7 Å². The first-order valence-corrected chi connectivity index (χ1v) is 8.03. The summed E-state index contributed by atoms with van der Waals surface area (Å²) in [7, 11) is 2.15. The van der Waals surface area contributed by atoms with Crippen LogP contribution in [0.5, 0.6) is 0 Å². The normalized spacial score (nSPS) is 33.8. The van der Waals surface area contributed by atoms with Gasteiger partial charge in [-0.25, -0.2) is 0 Å². The van der Waals surface area contributed by atoms with Gasteiger partial charge in [-0.1, -0.05) is 42.4 Å². The van der Waals surface area contributed by atoms with E-state index in [1.165, 1.54) is 5.57 Å². The summed E-state index contributed by atoms with van der Waals surface area (Å²) in [4.78, 5) is 4.65. The number of hydrogen-bond acceptors (Lipinski definition) is 3. The summed E-state index contributed by atoms with van der Waals surface area (Å²) in [6.07, 6.45) is 20.4. The summed E-state index contributed by atoms with van der Waals surface area (Å²) in [5, 5.41) is 0. The van der Waals surface area contributed by atoms with Crippen molar-refractivity contribution in [1.29, 1.82) is 0 Å². The van der Waals surface area contributed by atoms with Crippen LogP contribution in [-0.2, 0) is 0 Å². The van der Waals surface area contributed by atoms with Crippen LogP contribution in [0.2, 0.25) is 0 Å². The molecule has 0 radical (unpaired) electrons. The molecule has 2 rings (SSSR count). The molecule has 3 nitrogen and oxygen atoms in total. The van der Waals surface area contributed by atoms with Crippen molar-refractivity contribution in [1.82, 2.24) is 9.80 Å². The molecule has 2 aliphatic rings. The SMILES string of the molecule is C#CC1/C=C\C=C/CCC(/C=C\C)=C(/N)N2CCN(C)CC12. The predicted molar refractivity (Wildman–Crippen MR) is 93.9 cm³/mol. The van der Waals surface area contributed by atoms with Crippen LogP contribution in [-0.4, -0.2) is 42.5 Å². The minimum Gasteiger partial charge on any atom is -0.385 e. The first-order valence-electron chi connectivity index (χ1n) is 8.03. The summed E-state index contributed by atoms with van der Waals surface area (Å²) >= 11 is 0. The van der Waals surface area contributed by atoms with E-state index in [0.29, 0.717) is 0 Å². The Labute approximate surface area is 134 Å². The zero-order valence-electron chi connectivity index (χ0n) is 13.7. The Morgan fingerprint density at radius 1 is 1.36 bits per heavy atom. The van der Waals surface area contributed by atoms with Crippen molar-refractivity contribution < 1.29 is 0 Å². The second kappa shape index (κ2) is 7.91. The topological polar surface area (TPSA) is 32.5 Å². The van der Waals surface area contributed by atoms with Crippen LogP contribution < -0.4 is 5.73 Å². The van der Waals surface area contributed by atoms with Crippen molar-refractivity contribution >= 4 is 0 Å². The number of rotatable bonds is 1. The van der Waals surface area contributed by atoms with E-state index >= 15 is 0 Å². The minimum atomic E-state index is 0.0657. The van der Waals surface area contributed by atoms with Gasteiger partial charge in [0.15, 0.2) is 0 Å². The lowest BCUT2D eigenvalue weighted by Gasteiger charge is -2.43. The molecule has 0 aliphatic carbocycles. The van der Waals surface area contributed by atoms with E-state index in [1.807, 2.05) is 6.92 Å². The quantitative estimate of drug-likeness (QED) is 0.755. The molecule has 0 aromatic rings. The van der Waals surface area contributed by atoms with E-state index < -0.39 is 0 Å². The van der Waals surface area contributed by atoms with Crippen LogP contribution in [0, 0.1) is 18.3 Å². The van der Waals surface area contributed by atoms with Crippen LogP contribution in [0.1, 0.15) is 19.8 Å². The Hall–Kier alpha value is -1.92. The Morgan fingerprint density at radius 3 is 2.91 bits per heavy atom. The smallest absolute Gasteiger partial charge is 0.102 e. The highest BCUT2D eigenvalue weighted by atomic mass is 15.3. The number of hydrogen-bond donors (Lipinski definition) is 1. The van der Waals surface area contributed by atoms with Gasteiger partial charge < -0.3 is 15.5 Å². The Kier molecular flexibility index (Phi) is 5.91. The molecule has 0 saturated carbocycles. The van der Waals surface area contributed by atoms with E-state index in [4.69, 9.17) is 12.2 Å². The number of terminal acetylenes is 1. The van der Waals surface area contributed by atoms with Crippen molar-refractivity contribution in [3.63, 3.8) is 0 Å². The van der Waals surface area contributed by atoms with Gasteiger partial charge in [-0.05, 0) is 32.4 Å². The zero-order valence-corrected chi connectivity index (χ0v) is 13.7. The van der Waals surface area contributed by atoms with E-state index in [2.05, 4.69) is 59.2 Å². The van der Waals surface area contributed by atoms with Crippen LogP contribution >= 0.6 is 0 Å². The maximum absolute atomic E-state index is 6.54. The van der Waals surface area contributed by atoms with Crippen molar-refractivity contribution in [2.24, 2.45) is 11.7 Å². The Morgan fingerprint density at radius 2 is 2.18 bits per heavy atom. The second-order valence-electron chi connectivity index (χ2n) is 5.98. The summed E-state index contributed by atoms with van der Waals surface area (Å²) in [6.45, 7) is 4.91. The van der Waals surface area contributed by atoms with Crippen molar-refractivity contribution in [3.8, 4) is 12.3 Å². The number of nitrogens with zero attached hydrogens (tertiary/aromatic N) is 2. The van der Waals surface area contributed by atoms with E-state index in [-0.39, 0.29) is 12.0 Å². The largest absolute Gasteiger partial charge is 0.385 e. The molecule has 0 bridgehead atoms. The van der Waals surface area contributed by atoms with Crippen LogP contribution in [0.15, 0.2) is 47.9 Å². The number of nitrogens with two attached hydrogens (primary N) is 1. The van der Waals surface area contributed by atoms with Crippen LogP contribution in [0.4, 0.5) is 0 Å². The number of fused-ring (bicyclic) bond motifs is 1. The Balaban J connectivity index is 2.43. The molecule has 2 aliphatic heterocycles.